The third-order valence-corrected chi connectivity index (χ3v) is 2.62. The topological polar surface area (TPSA) is 17.1 Å². The van der Waals surface area contributed by atoms with Gasteiger partial charge in [-0.3, -0.25) is 4.79 Å². The van der Waals surface area contributed by atoms with Crippen LogP contribution in [0.15, 0.2) is 0 Å². The Labute approximate surface area is 80.5 Å². The fourth-order valence-electron chi connectivity index (χ4n) is 1.26. The lowest BCUT2D eigenvalue weighted by Gasteiger charge is -2.17. The van der Waals surface area contributed by atoms with Gasteiger partial charge in [0.25, 0.3) is 0 Å². The lowest BCUT2D eigenvalue weighted by atomic mass is 9.89. The van der Waals surface area contributed by atoms with Gasteiger partial charge in [-0.15, -0.1) is 0 Å². The summed E-state index contributed by atoms with van der Waals surface area (Å²) < 4.78 is 0. The molecule has 0 aliphatic heterocycles. The predicted molar refractivity (Wildman–Crippen MR) is 53.3 cm³/mol. The van der Waals surface area contributed by atoms with Crippen LogP contribution in [0.1, 0.15) is 46.5 Å². The Bertz CT molecular complexity index is 134. The van der Waals surface area contributed by atoms with Crippen molar-refractivity contribution >= 4 is 16.8 Å². The second-order valence-corrected chi connectivity index (χ2v) is 4.08. The molecule has 0 heterocycles. The fourth-order valence-corrected chi connectivity index (χ4v) is 1.51. The van der Waals surface area contributed by atoms with Crippen LogP contribution in [0.3, 0.4) is 0 Å². The molecule has 0 radical (unpaired) electrons. The molecule has 0 aromatic rings. The van der Waals surface area contributed by atoms with Crippen LogP contribution in [-0.4, -0.2) is 5.24 Å². The van der Waals surface area contributed by atoms with Crippen molar-refractivity contribution in [3.63, 3.8) is 0 Å². The van der Waals surface area contributed by atoms with Gasteiger partial charge < -0.3 is 0 Å². The van der Waals surface area contributed by atoms with Crippen LogP contribution in [0.25, 0.3) is 0 Å². The summed E-state index contributed by atoms with van der Waals surface area (Å²) in [7, 11) is 0. The highest BCUT2D eigenvalue weighted by molar-refractivity contribution is 6.63. The number of halogens is 1. The van der Waals surface area contributed by atoms with Crippen molar-refractivity contribution in [2.75, 3.05) is 0 Å². The fraction of sp³-hybridized carbons (Fsp3) is 0.900. The van der Waals surface area contributed by atoms with Gasteiger partial charge in [0.15, 0.2) is 0 Å². The minimum atomic E-state index is -0.203. The van der Waals surface area contributed by atoms with Gasteiger partial charge in [0.1, 0.15) is 0 Å². The Balaban J connectivity index is 3.60. The van der Waals surface area contributed by atoms with Gasteiger partial charge in [0, 0.05) is 6.42 Å². The van der Waals surface area contributed by atoms with Gasteiger partial charge in [0.05, 0.1) is 0 Å². The third-order valence-electron chi connectivity index (χ3n) is 2.47. The molecule has 2 atom stereocenters. The van der Waals surface area contributed by atoms with Crippen LogP contribution in [0.2, 0.25) is 0 Å². The molecule has 0 bridgehead atoms. The second kappa shape index (κ2) is 6.47. The summed E-state index contributed by atoms with van der Waals surface area (Å²) in [6.45, 7) is 6.48. The lowest BCUT2D eigenvalue weighted by Crippen LogP contribution is -2.10. The van der Waals surface area contributed by atoms with Crippen LogP contribution in [0.5, 0.6) is 0 Å². The SMILES string of the molecule is CCCCC(C)C(C)CC(=O)Cl. The van der Waals surface area contributed by atoms with Gasteiger partial charge >= 0.3 is 0 Å². The minimum Gasteiger partial charge on any atom is -0.281 e. The Morgan fingerprint density at radius 2 is 1.92 bits per heavy atom. The molecule has 1 nitrogen and oxygen atoms in total. The molecule has 2 unspecified atom stereocenters. The van der Waals surface area contributed by atoms with Gasteiger partial charge in [0.2, 0.25) is 5.24 Å². The summed E-state index contributed by atoms with van der Waals surface area (Å²) in [5.41, 5.74) is 0. The largest absolute Gasteiger partial charge is 0.281 e. The quantitative estimate of drug-likeness (QED) is 0.585. The zero-order chi connectivity index (χ0) is 9.56. The predicted octanol–water partition coefficient (Wildman–Crippen LogP) is 3.60. The zero-order valence-electron chi connectivity index (χ0n) is 8.27. The highest BCUT2D eigenvalue weighted by Gasteiger charge is 2.13. The molecule has 0 aromatic carbocycles. The maximum Gasteiger partial charge on any atom is 0.221 e. The summed E-state index contributed by atoms with van der Waals surface area (Å²) in [6.07, 6.45) is 4.21. The van der Waals surface area contributed by atoms with E-state index in [1.165, 1.54) is 19.3 Å². The van der Waals surface area contributed by atoms with E-state index in [-0.39, 0.29) is 5.24 Å². The first-order valence-corrected chi connectivity index (χ1v) is 5.14. The Kier molecular flexibility index (Phi) is 6.45. The van der Waals surface area contributed by atoms with Crippen LogP contribution in [-0.2, 0) is 4.79 Å². The lowest BCUT2D eigenvalue weighted by molar-refractivity contribution is -0.112. The second-order valence-electron chi connectivity index (χ2n) is 3.66. The van der Waals surface area contributed by atoms with E-state index in [1.807, 2.05) is 0 Å². The number of hydrogen-bond acceptors (Lipinski definition) is 1. The van der Waals surface area contributed by atoms with Gasteiger partial charge in [-0.05, 0) is 23.4 Å². The Hall–Kier alpha value is -0.0400. The van der Waals surface area contributed by atoms with E-state index in [2.05, 4.69) is 20.8 Å². The number of rotatable bonds is 6. The average molecular weight is 191 g/mol. The highest BCUT2D eigenvalue weighted by Crippen LogP contribution is 2.21. The van der Waals surface area contributed by atoms with Crippen molar-refractivity contribution in [3.8, 4) is 0 Å². The van der Waals surface area contributed by atoms with Crippen molar-refractivity contribution in [2.45, 2.75) is 46.5 Å². The van der Waals surface area contributed by atoms with Crippen LogP contribution < -0.4 is 0 Å². The van der Waals surface area contributed by atoms with Crippen LogP contribution >= 0.6 is 11.6 Å². The Morgan fingerprint density at radius 1 is 1.33 bits per heavy atom. The first kappa shape index (κ1) is 12.0. The molecule has 0 amide bonds. The summed E-state index contributed by atoms with van der Waals surface area (Å²) >= 11 is 5.31. The molecule has 12 heavy (non-hydrogen) atoms. The van der Waals surface area contributed by atoms with E-state index in [0.717, 1.165) is 0 Å². The van der Waals surface area contributed by atoms with E-state index < -0.39 is 0 Å². The summed E-state index contributed by atoms with van der Waals surface area (Å²) in [5, 5.41) is -0.203. The van der Waals surface area contributed by atoms with E-state index >= 15 is 0 Å². The first-order chi connectivity index (χ1) is 5.57. The molecule has 0 aromatic heterocycles. The van der Waals surface area contributed by atoms with Gasteiger partial charge in [-0.1, -0.05) is 40.0 Å². The molecule has 0 aliphatic carbocycles. The number of unbranched alkanes of at least 4 members (excludes halogenated alkanes) is 1. The molecule has 0 spiro atoms. The van der Waals surface area contributed by atoms with Gasteiger partial charge in [-0.25, -0.2) is 0 Å². The van der Waals surface area contributed by atoms with Crippen molar-refractivity contribution in [2.24, 2.45) is 11.8 Å². The summed E-state index contributed by atoms with van der Waals surface area (Å²) in [6, 6.07) is 0. The van der Waals surface area contributed by atoms with E-state index in [0.29, 0.717) is 18.3 Å². The Morgan fingerprint density at radius 3 is 2.33 bits per heavy atom. The number of carbonyl (C=O) groups excluding carboxylic acids is 1. The van der Waals surface area contributed by atoms with Gasteiger partial charge in [-0.2, -0.15) is 0 Å². The third kappa shape index (κ3) is 5.59. The first-order valence-electron chi connectivity index (χ1n) is 4.76. The minimum absolute atomic E-state index is 0.203. The van der Waals surface area contributed by atoms with Crippen LogP contribution in [0, 0.1) is 11.8 Å². The van der Waals surface area contributed by atoms with Crippen molar-refractivity contribution < 1.29 is 4.79 Å². The molecule has 2 heteroatoms. The molecular formula is C10H19ClO. The number of carbonyl (C=O) groups is 1. The molecule has 72 valence electrons. The van der Waals surface area contributed by atoms with E-state index in [4.69, 9.17) is 11.6 Å². The summed E-state index contributed by atoms with van der Waals surface area (Å²) in [4.78, 5) is 10.6. The van der Waals surface area contributed by atoms with E-state index in [1.54, 1.807) is 0 Å². The normalized spacial score (nSPS) is 15.7. The standard InChI is InChI=1S/C10H19ClO/c1-4-5-6-8(2)9(3)7-10(11)12/h8-9H,4-7H2,1-3H3. The molecular weight excluding hydrogens is 172 g/mol. The molecule has 0 saturated heterocycles. The summed E-state index contributed by atoms with van der Waals surface area (Å²) in [5.74, 6) is 1.05. The van der Waals surface area contributed by atoms with E-state index in [9.17, 15) is 4.79 Å². The maximum absolute atomic E-state index is 10.6. The maximum atomic E-state index is 10.6. The van der Waals surface area contributed by atoms with Crippen molar-refractivity contribution in [1.29, 1.82) is 0 Å². The smallest absolute Gasteiger partial charge is 0.221 e. The van der Waals surface area contributed by atoms with Crippen molar-refractivity contribution in [1.82, 2.24) is 0 Å². The van der Waals surface area contributed by atoms with Crippen LogP contribution in [0.4, 0.5) is 0 Å². The monoisotopic (exact) mass is 190 g/mol. The molecule has 0 rings (SSSR count). The van der Waals surface area contributed by atoms with Crippen molar-refractivity contribution in [3.05, 3.63) is 0 Å². The molecule has 0 saturated carbocycles. The zero-order valence-corrected chi connectivity index (χ0v) is 9.03. The number of hydrogen-bond donors (Lipinski definition) is 0. The average Bonchev–Trinajstić information content (AvgIpc) is 1.98. The molecule has 0 fully saturated rings. The molecule has 0 N–H and O–H groups in total. The highest BCUT2D eigenvalue weighted by atomic mass is 35.5. The molecule has 0 aliphatic rings.